The number of hydrogen-bond acceptors (Lipinski definition) is 2. The molecule has 0 aliphatic carbocycles. The SMILES string of the molecule is COc1ccc2nccc(C(C)c3cccc(C)c3)c2c1. The average molecular weight is 277 g/mol. The summed E-state index contributed by atoms with van der Waals surface area (Å²) in [5.41, 5.74) is 4.90. The first kappa shape index (κ1) is 13.6. The van der Waals surface area contributed by atoms with Gasteiger partial charge in [0.25, 0.3) is 0 Å². The van der Waals surface area contributed by atoms with Gasteiger partial charge in [-0.05, 0) is 42.3 Å². The highest BCUT2D eigenvalue weighted by atomic mass is 16.5. The van der Waals surface area contributed by atoms with Crippen LogP contribution in [-0.2, 0) is 0 Å². The third-order valence-electron chi connectivity index (χ3n) is 3.99. The van der Waals surface area contributed by atoms with Crippen molar-refractivity contribution in [3.63, 3.8) is 0 Å². The van der Waals surface area contributed by atoms with E-state index < -0.39 is 0 Å². The van der Waals surface area contributed by atoms with Crippen molar-refractivity contribution in [3.05, 3.63) is 71.4 Å². The molecule has 0 fully saturated rings. The van der Waals surface area contributed by atoms with Crippen molar-refractivity contribution in [2.75, 3.05) is 7.11 Å². The van der Waals surface area contributed by atoms with Crippen LogP contribution in [0.15, 0.2) is 54.7 Å². The van der Waals surface area contributed by atoms with Crippen LogP contribution < -0.4 is 4.74 Å². The van der Waals surface area contributed by atoms with Crippen LogP contribution in [0.5, 0.6) is 5.75 Å². The minimum atomic E-state index is 0.322. The Kier molecular flexibility index (Phi) is 3.61. The van der Waals surface area contributed by atoms with Gasteiger partial charge in [-0.2, -0.15) is 0 Å². The first-order chi connectivity index (χ1) is 10.2. The second-order valence-electron chi connectivity index (χ2n) is 5.42. The van der Waals surface area contributed by atoms with Crippen molar-refractivity contribution in [1.82, 2.24) is 4.98 Å². The molecule has 2 aromatic carbocycles. The van der Waals surface area contributed by atoms with Crippen LogP contribution in [0, 0.1) is 6.92 Å². The third kappa shape index (κ3) is 2.62. The van der Waals surface area contributed by atoms with Gasteiger partial charge in [0.05, 0.1) is 12.6 Å². The van der Waals surface area contributed by atoms with Gasteiger partial charge < -0.3 is 4.74 Å². The summed E-state index contributed by atoms with van der Waals surface area (Å²) in [7, 11) is 1.70. The predicted molar refractivity (Wildman–Crippen MR) is 87.0 cm³/mol. The Morgan fingerprint density at radius 3 is 2.67 bits per heavy atom. The summed E-state index contributed by atoms with van der Waals surface area (Å²) in [6, 6.07) is 16.8. The summed E-state index contributed by atoms with van der Waals surface area (Å²) < 4.78 is 5.35. The second kappa shape index (κ2) is 5.57. The van der Waals surface area contributed by atoms with Gasteiger partial charge in [0.2, 0.25) is 0 Å². The maximum atomic E-state index is 5.35. The highest BCUT2D eigenvalue weighted by Gasteiger charge is 2.13. The molecule has 0 saturated heterocycles. The van der Waals surface area contributed by atoms with Gasteiger partial charge in [-0.3, -0.25) is 4.98 Å². The molecule has 0 aliphatic rings. The van der Waals surface area contributed by atoms with Gasteiger partial charge in [0.1, 0.15) is 5.75 Å². The Balaban J connectivity index is 2.15. The second-order valence-corrected chi connectivity index (χ2v) is 5.42. The molecule has 0 amide bonds. The van der Waals surface area contributed by atoms with Crippen molar-refractivity contribution in [2.45, 2.75) is 19.8 Å². The number of rotatable bonds is 3. The van der Waals surface area contributed by atoms with Gasteiger partial charge in [0, 0.05) is 17.5 Å². The molecule has 1 unspecified atom stereocenters. The summed E-state index contributed by atoms with van der Waals surface area (Å²) in [4.78, 5) is 4.46. The predicted octanol–water partition coefficient (Wildman–Crippen LogP) is 4.70. The zero-order valence-electron chi connectivity index (χ0n) is 12.6. The van der Waals surface area contributed by atoms with Gasteiger partial charge in [-0.15, -0.1) is 0 Å². The molecule has 0 N–H and O–H groups in total. The van der Waals surface area contributed by atoms with Crippen LogP contribution in [0.4, 0.5) is 0 Å². The number of pyridine rings is 1. The fourth-order valence-electron chi connectivity index (χ4n) is 2.77. The lowest BCUT2D eigenvalue weighted by Gasteiger charge is -2.16. The maximum absolute atomic E-state index is 5.35. The lowest BCUT2D eigenvalue weighted by atomic mass is 9.90. The summed E-state index contributed by atoms with van der Waals surface area (Å²) >= 11 is 0. The molecule has 2 nitrogen and oxygen atoms in total. The zero-order chi connectivity index (χ0) is 14.8. The molecule has 21 heavy (non-hydrogen) atoms. The molecule has 0 spiro atoms. The molecular formula is C19H19NO. The van der Waals surface area contributed by atoms with Crippen LogP contribution in [0.3, 0.4) is 0 Å². The molecule has 1 atom stereocenters. The van der Waals surface area contributed by atoms with E-state index in [1.54, 1.807) is 7.11 Å². The highest BCUT2D eigenvalue weighted by molar-refractivity contribution is 5.84. The number of fused-ring (bicyclic) bond motifs is 1. The van der Waals surface area contributed by atoms with E-state index in [0.29, 0.717) is 5.92 Å². The average Bonchev–Trinajstić information content (AvgIpc) is 2.53. The van der Waals surface area contributed by atoms with Crippen LogP contribution in [0.2, 0.25) is 0 Å². The van der Waals surface area contributed by atoms with E-state index in [9.17, 15) is 0 Å². The van der Waals surface area contributed by atoms with E-state index in [4.69, 9.17) is 4.74 Å². The van der Waals surface area contributed by atoms with Crippen molar-refractivity contribution >= 4 is 10.9 Å². The Labute approximate surface area is 125 Å². The number of methoxy groups -OCH3 is 1. The molecule has 0 saturated carbocycles. The highest BCUT2D eigenvalue weighted by Crippen LogP contribution is 2.31. The van der Waals surface area contributed by atoms with E-state index in [2.05, 4.69) is 55.2 Å². The molecular weight excluding hydrogens is 258 g/mol. The minimum absolute atomic E-state index is 0.322. The third-order valence-corrected chi connectivity index (χ3v) is 3.99. The molecule has 106 valence electrons. The minimum Gasteiger partial charge on any atom is -0.497 e. The Bertz CT molecular complexity index is 779. The fourth-order valence-corrected chi connectivity index (χ4v) is 2.77. The molecule has 0 bridgehead atoms. The van der Waals surface area contributed by atoms with Gasteiger partial charge in [-0.25, -0.2) is 0 Å². The summed E-state index contributed by atoms with van der Waals surface area (Å²) in [6.07, 6.45) is 1.89. The number of benzene rings is 2. The van der Waals surface area contributed by atoms with Gasteiger partial charge in [-0.1, -0.05) is 36.8 Å². The van der Waals surface area contributed by atoms with Crippen molar-refractivity contribution in [3.8, 4) is 5.75 Å². The topological polar surface area (TPSA) is 22.1 Å². The monoisotopic (exact) mass is 277 g/mol. The first-order valence-electron chi connectivity index (χ1n) is 7.18. The Morgan fingerprint density at radius 1 is 1.05 bits per heavy atom. The summed E-state index contributed by atoms with van der Waals surface area (Å²) in [6.45, 7) is 4.37. The van der Waals surface area contributed by atoms with Crippen LogP contribution in [0.25, 0.3) is 10.9 Å². The standard InChI is InChI=1S/C19H19NO/c1-13-5-4-6-15(11-13)14(2)17-9-10-20-19-8-7-16(21-3)12-18(17)19/h4-12,14H,1-3H3. The molecule has 3 aromatic rings. The number of aryl methyl sites for hydroxylation is 1. The zero-order valence-corrected chi connectivity index (χ0v) is 12.6. The van der Waals surface area contributed by atoms with E-state index in [-0.39, 0.29) is 0 Å². The summed E-state index contributed by atoms with van der Waals surface area (Å²) in [5, 5.41) is 1.16. The largest absolute Gasteiger partial charge is 0.497 e. The fraction of sp³-hybridized carbons (Fsp3) is 0.211. The molecule has 1 aromatic heterocycles. The number of ether oxygens (including phenoxy) is 1. The molecule has 0 aliphatic heterocycles. The van der Waals surface area contributed by atoms with Crippen molar-refractivity contribution in [2.24, 2.45) is 0 Å². The number of aromatic nitrogens is 1. The lowest BCUT2D eigenvalue weighted by Crippen LogP contribution is -1.98. The van der Waals surface area contributed by atoms with Gasteiger partial charge >= 0.3 is 0 Å². The van der Waals surface area contributed by atoms with Crippen LogP contribution in [0.1, 0.15) is 29.5 Å². The number of nitrogens with zero attached hydrogens (tertiary/aromatic N) is 1. The maximum Gasteiger partial charge on any atom is 0.119 e. The molecule has 1 heterocycles. The lowest BCUT2D eigenvalue weighted by molar-refractivity contribution is 0.415. The van der Waals surface area contributed by atoms with E-state index in [1.807, 2.05) is 18.3 Å². The first-order valence-corrected chi connectivity index (χ1v) is 7.18. The smallest absolute Gasteiger partial charge is 0.119 e. The Morgan fingerprint density at radius 2 is 1.90 bits per heavy atom. The molecule has 3 rings (SSSR count). The number of hydrogen-bond donors (Lipinski definition) is 0. The molecule has 0 radical (unpaired) electrons. The normalized spacial score (nSPS) is 12.3. The summed E-state index contributed by atoms with van der Waals surface area (Å²) in [5.74, 6) is 1.19. The van der Waals surface area contributed by atoms with Crippen molar-refractivity contribution < 1.29 is 4.74 Å². The Hall–Kier alpha value is -2.35. The quantitative estimate of drug-likeness (QED) is 0.692. The van der Waals surface area contributed by atoms with Crippen molar-refractivity contribution in [1.29, 1.82) is 0 Å². The van der Waals surface area contributed by atoms with E-state index >= 15 is 0 Å². The van der Waals surface area contributed by atoms with Crippen LogP contribution >= 0.6 is 0 Å². The molecule has 2 heteroatoms. The van der Waals surface area contributed by atoms with E-state index in [0.717, 1.165) is 16.7 Å². The van der Waals surface area contributed by atoms with Gasteiger partial charge in [0.15, 0.2) is 0 Å². The van der Waals surface area contributed by atoms with Crippen LogP contribution in [-0.4, -0.2) is 12.1 Å². The van der Waals surface area contributed by atoms with E-state index in [1.165, 1.54) is 16.7 Å².